The van der Waals surface area contributed by atoms with Crippen LogP contribution in [0, 0.1) is 11.8 Å². The summed E-state index contributed by atoms with van der Waals surface area (Å²) in [6.07, 6.45) is 0.803. The van der Waals surface area contributed by atoms with E-state index in [0.717, 1.165) is 24.0 Å². The third-order valence-corrected chi connectivity index (χ3v) is 5.05. The van der Waals surface area contributed by atoms with Gasteiger partial charge in [-0.15, -0.1) is 11.3 Å². The van der Waals surface area contributed by atoms with Gasteiger partial charge in [-0.25, -0.2) is 0 Å². The molecule has 3 nitrogen and oxygen atoms in total. The summed E-state index contributed by atoms with van der Waals surface area (Å²) in [5, 5.41) is 11.2. The van der Waals surface area contributed by atoms with E-state index in [2.05, 4.69) is 33.1 Å². The molecule has 0 spiro atoms. The van der Waals surface area contributed by atoms with Crippen molar-refractivity contribution in [2.75, 3.05) is 13.1 Å². The van der Waals surface area contributed by atoms with Gasteiger partial charge in [-0.2, -0.15) is 0 Å². The summed E-state index contributed by atoms with van der Waals surface area (Å²) in [5.74, 6) is -0.409. The molecule has 0 saturated carbocycles. The summed E-state index contributed by atoms with van der Waals surface area (Å²) >= 11 is 5.24. The average Bonchev–Trinajstić information content (AvgIpc) is 2.63. The lowest BCUT2D eigenvalue weighted by atomic mass is 9.90. The van der Waals surface area contributed by atoms with Crippen LogP contribution >= 0.6 is 27.3 Å². The smallest absolute Gasteiger partial charge is 0.307 e. The van der Waals surface area contributed by atoms with Crippen LogP contribution in [0.2, 0.25) is 0 Å². The Morgan fingerprint density at radius 2 is 2.41 bits per heavy atom. The SMILES string of the molecule is CC1CC(C(=O)O)CN(Cc2sccc2Br)C1. The number of rotatable bonds is 3. The van der Waals surface area contributed by atoms with Crippen LogP contribution in [-0.4, -0.2) is 29.1 Å². The molecule has 2 unspecified atom stereocenters. The predicted octanol–water partition coefficient (Wildman–Crippen LogP) is 3.05. The first kappa shape index (κ1) is 13.1. The van der Waals surface area contributed by atoms with E-state index in [-0.39, 0.29) is 5.92 Å². The van der Waals surface area contributed by atoms with Crippen LogP contribution in [0.5, 0.6) is 0 Å². The molecule has 1 aliphatic heterocycles. The van der Waals surface area contributed by atoms with Gasteiger partial charge in [-0.3, -0.25) is 9.69 Å². The van der Waals surface area contributed by atoms with Crippen molar-refractivity contribution in [1.82, 2.24) is 4.90 Å². The van der Waals surface area contributed by atoms with E-state index in [9.17, 15) is 4.79 Å². The Kier molecular flexibility index (Phi) is 4.22. The molecule has 0 aromatic carbocycles. The number of hydrogen-bond acceptors (Lipinski definition) is 3. The van der Waals surface area contributed by atoms with Crippen LogP contribution in [0.25, 0.3) is 0 Å². The minimum absolute atomic E-state index is 0.211. The molecule has 0 amide bonds. The minimum Gasteiger partial charge on any atom is -0.481 e. The Labute approximate surface area is 114 Å². The third kappa shape index (κ3) is 3.30. The van der Waals surface area contributed by atoms with Crippen LogP contribution in [0.1, 0.15) is 18.2 Å². The van der Waals surface area contributed by atoms with E-state index in [1.165, 1.54) is 4.88 Å². The van der Waals surface area contributed by atoms with E-state index < -0.39 is 5.97 Å². The Morgan fingerprint density at radius 3 is 3.00 bits per heavy atom. The van der Waals surface area contributed by atoms with Crippen LogP contribution in [0.15, 0.2) is 15.9 Å². The summed E-state index contributed by atoms with van der Waals surface area (Å²) in [6.45, 7) is 4.65. The van der Waals surface area contributed by atoms with Gasteiger partial charge in [0, 0.05) is 29.0 Å². The van der Waals surface area contributed by atoms with E-state index in [4.69, 9.17) is 5.11 Å². The predicted molar refractivity (Wildman–Crippen MR) is 72.2 cm³/mol. The summed E-state index contributed by atoms with van der Waals surface area (Å²) in [5.41, 5.74) is 0. The van der Waals surface area contributed by atoms with Crippen LogP contribution in [0.4, 0.5) is 0 Å². The van der Waals surface area contributed by atoms with Crippen molar-refractivity contribution >= 4 is 33.2 Å². The zero-order chi connectivity index (χ0) is 12.4. The van der Waals surface area contributed by atoms with Crippen molar-refractivity contribution in [3.63, 3.8) is 0 Å². The minimum atomic E-state index is -0.660. The molecule has 1 aliphatic rings. The Bertz CT molecular complexity index is 407. The first-order chi connectivity index (χ1) is 8.06. The number of carboxylic acid groups (broad SMARTS) is 1. The van der Waals surface area contributed by atoms with Crippen molar-refractivity contribution in [1.29, 1.82) is 0 Å². The lowest BCUT2D eigenvalue weighted by molar-refractivity contribution is -0.144. The largest absolute Gasteiger partial charge is 0.481 e. The molecule has 1 N–H and O–H groups in total. The second-order valence-corrected chi connectivity index (χ2v) is 6.62. The number of aliphatic carboxylic acids is 1. The number of carbonyl (C=O) groups is 1. The molecule has 2 atom stereocenters. The van der Waals surface area contributed by atoms with E-state index in [0.29, 0.717) is 12.5 Å². The van der Waals surface area contributed by atoms with Crippen LogP contribution in [0.3, 0.4) is 0 Å². The molecule has 2 rings (SSSR count). The van der Waals surface area contributed by atoms with Crippen molar-refractivity contribution in [2.24, 2.45) is 11.8 Å². The number of nitrogens with zero attached hydrogens (tertiary/aromatic N) is 1. The molecule has 1 aromatic rings. The van der Waals surface area contributed by atoms with Crippen molar-refractivity contribution < 1.29 is 9.90 Å². The first-order valence-electron chi connectivity index (χ1n) is 5.73. The van der Waals surface area contributed by atoms with Crippen molar-refractivity contribution in [3.8, 4) is 0 Å². The Balaban J connectivity index is 2.01. The normalized spacial score (nSPS) is 26.0. The fourth-order valence-corrected chi connectivity index (χ4v) is 3.93. The van der Waals surface area contributed by atoms with Crippen LogP contribution < -0.4 is 0 Å². The van der Waals surface area contributed by atoms with Gasteiger partial charge in [0.2, 0.25) is 0 Å². The van der Waals surface area contributed by atoms with Gasteiger partial charge in [0.15, 0.2) is 0 Å². The van der Waals surface area contributed by atoms with E-state index in [1.54, 1.807) is 11.3 Å². The fraction of sp³-hybridized carbons (Fsp3) is 0.583. The molecule has 0 aliphatic carbocycles. The first-order valence-corrected chi connectivity index (χ1v) is 7.40. The maximum absolute atomic E-state index is 11.1. The number of hydrogen-bond donors (Lipinski definition) is 1. The van der Waals surface area contributed by atoms with E-state index in [1.807, 2.05) is 6.07 Å². The molecule has 0 radical (unpaired) electrons. The standard InChI is InChI=1S/C12H16BrNO2S/c1-8-4-9(12(15)16)6-14(5-8)7-11-10(13)2-3-17-11/h2-3,8-9H,4-7H2,1H3,(H,15,16). The highest BCUT2D eigenvalue weighted by atomic mass is 79.9. The maximum Gasteiger partial charge on any atom is 0.307 e. The van der Waals surface area contributed by atoms with Gasteiger partial charge < -0.3 is 5.11 Å². The summed E-state index contributed by atoms with van der Waals surface area (Å²) in [7, 11) is 0. The Hall–Kier alpha value is -0.390. The molecular formula is C12H16BrNO2S. The zero-order valence-electron chi connectivity index (χ0n) is 9.73. The van der Waals surface area contributed by atoms with Gasteiger partial charge in [0.05, 0.1) is 5.92 Å². The number of likely N-dealkylation sites (tertiary alicyclic amines) is 1. The van der Waals surface area contributed by atoms with Gasteiger partial charge in [0.1, 0.15) is 0 Å². The van der Waals surface area contributed by atoms with Crippen molar-refractivity contribution in [3.05, 3.63) is 20.8 Å². The lowest BCUT2D eigenvalue weighted by Gasteiger charge is -2.34. The molecule has 1 fully saturated rings. The average molecular weight is 318 g/mol. The summed E-state index contributed by atoms with van der Waals surface area (Å²) < 4.78 is 1.13. The zero-order valence-corrected chi connectivity index (χ0v) is 12.1. The molecule has 2 heterocycles. The molecule has 1 saturated heterocycles. The molecule has 1 aromatic heterocycles. The fourth-order valence-electron chi connectivity index (χ4n) is 2.41. The van der Waals surface area contributed by atoms with Crippen molar-refractivity contribution in [2.45, 2.75) is 19.9 Å². The number of carboxylic acids is 1. The summed E-state index contributed by atoms with van der Waals surface area (Å²) in [4.78, 5) is 14.6. The molecule has 5 heteroatoms. The van der Waals surface area contributed by atoms with Gasteiger partial charge in [0.25, 0.3) is 0 Å². The topological polar surface area (TPSA) is 40.5 Å². The van der Waals surface area contributed by atoms with Crippen LogP contribution in [-0.2, 0) is 11.3 Å². The number of halogens is 1. The third-order valence-electron chi connectivity index (χ3n) is 3.14. The quantitative estimate of drug-likeness (QED) is 0.931. The monoisotopic (exact) mass is 317 g/mol. The second kappa shape index (κ2) is 5.50. The molecular weight excluding hydrogens is 302 g/mol. The Morgan fingerprint density at radius 1 is 1.65 bits per heavy atom. The van der Waals surface area contributed by atoms with Gasteiger partial charge in [-0.1, -0.05) is 6.92 Å². The highest BCUT2D eigenvalue weighted by Crippen LogP contribution is 2.28. The maximum atomic E-state index is 11.1. The summed E-state index contributed by atoms with van der Waals surface area (Å²) in [6, 6.07) is 2.04. The second-order valence-electron chi connectivity index (χ2n) is 4.76. The molecule has 0 bridgehead atoms. The molecule has 94 valence electrons. The van der Waals surface area contributed by atoms with Gasteiger partial charge in [-0.05, 0) is 39.7 Å². The lowest BCUT2D eigenvalue weighted by Crippen LogP contribution is -2.41. The van der Waals surface area contributed by atoms with Gasteiger partial charge >= 0.3 is 5.97 Å². The highest BCUT2D eigenvalue weighted by Gasteiger charge is 2.29. The highest BCUT2D eigenvalue weighted by molar-refractivity contribution is 9.10. The molecule has 17 heavy (non-hydrogen) atoms. The number of piperidine rings is 1. The number of thiophene rings is 1. The van der Waals surface area contributed by atoms with E-state index >= 15 is 0 Å².